The minimum atomic E-state index is -4.89. The average molecular weight is 326 g/mol. The third-order valence-corrected chi connectivity index (χ3v) is 2.51. The Morgan fingerprint density at radius 2 is 1.86 bits per heavy atom. The lowest BCUT2D eigenvalue weighted by atomic mass is 10.1. The SMILES string of the molecule is CC(C)(C)OC(=O)C(N)c1ccc(Cl)c(OC(F)(F)F)c1. The number of rotatable bonds is 3. The van der Waals surface area contributed by atoms with Gasteiger partial charge in [-0.1, -0.05) is 17.7 Å². The number of hydrogen-bond donors (Lipinski definition) is 1. The summed E-state index contributed by atoms with van der Waals surface area (Å²) < 4.78 is 45.5. The average Bonchev–Trinajstić information content (AvgIpc) is 2.27. The summed E-state index contributed by atoms with van der Waals surface area (Å²) in [5, 5.41) is -0.243. The Bertz CT molecular complexity index is 526. The zero-order valence-corrected chi connectivity index (χ0v) is 12.4. The molecule has 8 heteroatoms. The molecule has 0 aliphatic rings. The van der Waals surface area contributed by atoms with E-state index in [9.17, 15) is 18.0 Å². The topological polar surface area (TPSA) is 61.5 Å². The Labute approximate surface area is 125 Å². The Morgan fingerprint density at radius 1 is 1.29 bits per heavy atom. The highest BCUT2D eigenvalue weighted by molar-refractivity contribution is 6.32. The third kappa shape index (κ3) is 5.81. The second-order valence-corrected chi connectivity index (χ2v) is 5.66. The van der Waals surface area contributed by atoms with Gasteiger partial charge in [0.1, 0.15) is 17.4 Å². The molecule has 0 heterocycles. The van der Waals surface area contributed by atoms with E-state index in [4.69, 9.17) is 22.1 Å². The molecule has 1 rings (SSSR count). The van der Waals surface area contributed by atoms with Gasteiger partial charge in [0.2, 0.25) is 0 Å². The predicted molar refractivity (Wildman–Crippen MR) is 70.9 cm³/mol. The summed E-state index contributed by atoms with van der Waals surface area (Å²) in [6.45, 7) is 4.95. The van der Waals surface area contributed by atoms with Gasteiger partial charge < -0.3 is 15.2 Å². The zero-order valence-electron chi connectivity index (χ0n) is 11.6. The van der Waals surface area contributed by atoms with Gasteiger partial charge in [0, 0.05) is 0 Å². The molecule has 2 N–H and O–H groups in total. The summed E-state index contributed by atoms with van der Waals surface area (Å²) in [6.07, 6.45) is -4.89. The summed E-state index contributed by atoms with van der Waals surface area (Å²) in [5.41, 5.74) is 5.02. The molecule has 0 amide bonds. The smallest absolute Gasteiger partial charge is 0.459 e. The first-order valence-electron chi connectivity index (χ1n) is 5.93. The van der Waals surface area contributed by atoms with Crippen LogP contribution in [-0.4, -0.2) is 17.9 Å². The van der Waals surface area contributed by atoms with Gasteiger partial charge in [-0.25, -0.2) is 4.79 Å². The predicted octanol–water partition coefficient (Wildman–Crippen LogP) is 3.58. The van der Waals surface area contributed by atoms with Gasteiger partial charge in [0.15, 0.2) is 0 Å². The van der Waals surface area contributed by atoms with Crippen molar-refractivity contribution in [2.75, 3.05) is 0 Å². The van der Waals surface area contributed by atoms with E-state index in [0.29, 0.717) is 0 Å². The maximum atomic E-state index is 12.2. The second-order valence-electron chi connectivity index (χ2n) is 5.25. The molecule has 0 aliphatic heterocycles. The fourth-order valence-corrected chi connectivity index (χ4v) is 1.57. The first kappa shape index (κ1) is 17.6. The van der Waals surface area contributed by atoms with E-state index in [1.165, 1.54) is 12.1 Å². The summed E-state index contributed by atoms with van der Waals surface area (Å²) >= 11 is 5.61. The van der Waals surface area contributed by atoms with Crippen LogP contribution in [0.5, 0.6) is 5.75 Å². The molecule has 1 aromatic carbocycles. The molecule has 0 fully saturated rings. The highest BCUT2D eigenvalue weighted by atomic mass is 35.5. The van der Waals surface area contributed by atoms with Crippen LogP contribution in [0.25, 0.3) is 0 Å². The molecule has 21 heavy (non-hydrogen) atoms. The number of benzene rings is 1. The molecular formula is C13H15ClF3NO3. The normalized spacial score (nSPS) is 13.7. The summed E-state index contributed by atoms with van der Waals surface area (Å²) in [7, 11) is 0. The second kappa shape index (κ2) is 6.11. The largest absolute Gasteiger partial charge is 0.573 e. The molecule has 0 aromatic heterocycles. The molecule has 0 radical (unpaired) electrons. The van der Waals surface area contributed by atoms with Crippen molar-refractivity contribution >= 4 is 17.6 Å². The van der Waals surface area contributed by atoms with Crippen LogP contribution < -0.4 is 10.5 Å². The minimum absolute atomic E-state index is 0.105. The first-order valence-corrected chi connectivity index (χ1v) is 6.30. The van der Waals surface area contributed by atoms with Gasteiger partial charge in [-0.15, -0.1) is 13.2 Å². The van der Waals surface area contributed by atoms with Crippen LogP contribution in [0.15, 0.2) is 18.2 Å². The molecule has 1 unspecified atom stereocenters. The van der Waals surface area contributed by atoms with Crippen molar-refractivity contribution in [3.05, 3.63) is 28.8 Å². The van der Waals surface area contributed by atoms with Crippen LogP contribution in [0.1, 0.15) is 32.4 Å². The lowest BCUT2D eigenvalue weighted by molar-refractivity contribution is -0.274. The van der Waals surface area contributed by atoms with Crippen molar-refractivity contribution < 1.29 is 27.4 Å². The molecule has 0 saturated heterocycles. The molecule has 0 aliphatic carbocycles. The van der Waals surface area contributed by atoms with E-state index < -0.39 is 29.7 Å². The number of carbonyl (C=O) groups is 1. The molecule has 4 nitrogen and oxygen atoms in total. The van der Waals surface area contributed by atoms with E-state index in [2.05, 4.69) is 4.74 Å². The number of carbonyl (C=O) groups excluding carboxylic acids is 1. The third-order valence-electron chi connectivity index (χ3n) is 2.20. The monoisotopic (exact) mass is 325 g/mol. The van der Waals surface area contributed by atoms with Crippen LogP contribution in [-0.2, 0) is 9.53 Å². The minimum Gasteiger partial charge on any atom is -0.459 e. The number of alkyl halides is 3. The zero-order chi connectivity index (χ0) is 16.4. The Morgan fingerprint density at radius 3 is 2.33 bits per heavy atom. The molecule has 0 saturated carbocycles. The molecule has 1 atom stereocenters. The van der Waals surface area contributed by atoms with Crippen LogP contribution in [0.3, 0.4) is 0 Å². The fourth-order valence-electron chi connectivity index (χ4n) is 1.42. The Balaban J connectivity index is 2.98. The summed E-state index contributed by atoms with van der Waals surface area (Å²) in [4.78, 5) is 11.8. The van der Waals surface area contributed by atoms with E-state index in [0.717, 1.165) is 6.07 Å². The molecule has 0 spiro atoms. The first-order chi connectivity index (χ1) is 9.39. The van der Waals surface area contributed by atoms with Crippen LogP contribution in [0, 0.1) is 0 Å². The maximum Gasteiger partial charge on any atom is 0.573 e. The standard InChI is InChI=1S/C13H15ClF3NO3/c1-12(2,3)21-11(19)10(18)7-4-5-8(14)9(6-7)20-13(15,16)17/h4-6,10H,18H2,1-3H3. The number of ether oxygens (including phenoxy) is 2. The van der Waals surface area contributed by atoms with E-state index in [1.54, 1.807) is 20.8 Å². The van der Waals surface area contributed by atoms with Gasteiger partial charge in [0.25, 0.3) is 0 Å². The van der Waals surface area contributed by atoms with Crippen molar-refractivity contribution in [2.24, 2.45) is 5.73 Å². The van der Waals surface area contributed by atoms with E-state index in [1.807, 2.05) is 0 Å². The van der Waals surface area contributed by atoms with Crippen LogP contribution in [0.4, 0.5) is 13.2 Å². The lowest BCUT2D eigenvalue weighted by Gasteiger charge is -2.22. The Hall–Kier alpha value is -1.47. The van der Waals surface area contributed by atoms with Gasteiger partial charge in [-0.3, -0.25) is 0 Å². The number of hydrogen-bond acceptors (Lipinski definition) is 4. The maximum absolute atomic E-state index is 12.2. The lowest BCUT2D eigenvalue weighted by Crippen LogP contribution is -2.31. The van der Waals surface area contributed by atoms with Gasteiger partial charge in [0.05, 0.1) is 5.02 Å². The highest BCUT2D eigenvalue weighted by Gasteiger charge is 2.32. The van der Waals surface area contributed by atoms with Crippen molar-refractivity contribution in [3.8, 4) is 5.75 Å². The van der Waals surface area contributed by atoms with Crippen LogP contribution >= 0.6 is 11.6 Å². The molecule has 0 bridgehead atoms. The number of esters is 1. The molecule has 1 aromatic rings. The number of halogens is 4. The van der Waals surface area contributed by atoms with Gasteiger partial charge in [-0.05, 0) is 38.5 Å². The highest BCUT2D eigenvalue weighted by Crippen LogP contribution is 2.32. The number of nitrogens with two attached hydrogens (primary N) is 1. The van der Waals surface area contributed by atoms with Crippen molar-refractivity contribution in [1.29, 1.82) is 0 Å². The van der Waals surface area contributed by atoms with Gasteiger partial charge >= 0.3 is 12.3 Å². The fraction of sp³-hybridized carbons (Fsp3) is 0.462. The molecular weight excluding hydrogens is 311 g/mol. The van der Waals surface area contributed by atoms with Crippen molar-refractivity contribution in [3.63, 3.8) is 0 Å². The van der Waals surface area contributed by atoms with Gasteiger partial charge in [-0.2, -0.15) is 0 Å². The van der Waals surface area contributed by atoms with E-state index >= 15 is 0 Å². The molecule has 118 valence electrons. The summed E-state index contributed by atoms with van der Waals surface area (Å²) in [6, 6.07) is 2.23. The van der Waals surface area contributed by atoms with Crippen molar-refractivity contribution in [2.45, 2.75) is 38.8 Å². The van der Waals surface area contributed by atoms with Crippen molar-refractivity contribution in [1.82, 2.24) is 0 Å². The Kier molecular flexibility index (Phi) is 5.11. The van der Waals surface area contributed by atoms with Crippen LogP contribution in [0.2, 0.25) is 5.02 Å². The summed E-state index contributed by atoms with van der Waals surface area (Å²) in [5.74, 6) is -1.39. The quantitative estimate of drug-likeness (QED) is 0.863. The van der Waals surface area contributed by atoms with E-state index in [-0.39, 0.29) is 10.6 Å².